The Morgan fingerprint density at radius 1 is 1.23 bits per heavy atom. The third-order valence-electron chi connectivity index (χ3n) is 3.58. The maximum atomic E-state index is 12.1. The molecule has 0 unspecified atom stereocenters. The highest BCUT2D eigenvalue weighted by atomic mass is 32.2. The minimum Gasteiger partial charge on any atom is -0.332 e. The number of rotatable bonds is 3. The minimum absolute atomic E-state index is 0.494. The van der Waals surface area contributed by atoms with Gasteiger partial charge in [0.05, 0.1) is 0 Å². The summed E-state index contributed by atoms with van der Waals surface area (Å²) in [6.45, 7) is 5.81. The van der Waals surface area contributed by atoms with Crippen LogP contribution in [0.1, 0.15) is 6.92 Å². The number of thioether (sulfide) groups is 1. The van der Waals surface area contributed by atoms with Gasteiger partial charge in [-0.2, -0.15) is 5.26 Å². The number of benzene rings is 1. The second-order valence-electron chi connectivity index (χ2n) is 4.90. The molecule has 1 aromatic carbocycles. The van der Waals surface area contributed by atoms with E-state index in [-0.39, 0.29) is 0 Å². The first kappa shape index (κ1) is 16.3. The van der Waals surface area contributed by atoms with Crippen molar-refractivity contribution in [1.82, 2.24) is 9.80 Å². The average molecular weight is 318 g/mol. The second kappa shape index (κ2) is 7.82. The first-order valence-corrected chi connectivity index (χ1v) is 7.94. The molecule has 1 saturated heterocycles. The van der Waals surface area contributed by atoms with Gasteiger partial charge in [0.2, 0.25) is 0 Å². The number of thiocyanates is 1. The van der Waals surface area contributed by atoms with Gasteiger partial charge in [-0.15, -0.1) is 0 Å². The van der Waals surface area contributed by atoms with Gasteiger partial charge in [0, 0.05) is 36.8 Å². The lowest BCUT2D eigenvalue weighted by molar-refractivity contribution is -0.144. The summed E-state index contributed by atoms with van der Waals surface area (Å²) in [6.07, 6.45) is 0. The topological polar surface area (TPSA) is 76.4 Å². The minimum atomic E-state index is -0.620. The molecular weight excluding hydrogens is 300 g/mol. The first-order valence-electron chi connectivity index (χ1n) is 7.12. The molecule has 0 atom stereocenters. The van der Waals surface area contributed by atoms with Crippen molar-refractivity contribution in [2.24, 2.45) is 0 Å². The number of anilines is 1. The molecule has 0 saturated carbocycles. The molecule has 1 heterocycles. The predicted octanol–water partition coefficient (Wildman–Crippen LogP) is 1.36. The molecule has 22 heavy (non-hydrogen) atoms. The summed E-state index contributed by atoms with van der Waals surface area (Å²) in [6, 6.07) is 6.82. The van der Waals surface area contributed by atoms with Crippen LogP contribution in [0.25, 0.3) is 0 Å². The molecule has 6 nitrogen and oxygen atoms in total. The van der Waals surface area contributed by atoms with Crippen LogP contribution < -0.4 is 5.32 Å². The van der Waals surface area contributed by atoms with Crippen molar-refractivity contribution < 1.29 is 9.59 Å². The van der Waals surface area contributed by atoms with Crippen molar-refractivity contribution in [3.05, 3.63) is 24.3 Å². The predicted molar refractivity (Wildman–Crippen MR) is 85.2 cm³/mol. The Labute approximate surface area is 134 Å². The second-order valence-corrected chi connectivity index (χ2v) is 5.76. The quantitative estimate of drug-likeness (QED) is 0.517. The maximum Gasteiger partial charge on any atom is 0.313 e. The van der Waals surface area contributed by atoms with Crippen molar-refractivity contribution >= 4 is 29.3 Å². The van der Waals surface area contributed by atoms with Gasteiger partial charge in [0.15, 0.2) is 0 Å². The number of nitriles is 1. The van der Waals surface area contributed by atoms with E-state index in [1.165, 1.54) is 0 Å². The Morgan fingerprint density at radius 2 is 1.86 bits per heavy atom. The molecule has 1 fully saturated rings. The molecule has 1 aliphatic rings. The molecule has 7 heteroatoms. The molecule has 1 N–H and O–H groups in total. The highest BCUT2D eigenvalue weighted by Crippen LogP contribution is 2.19. The van der Waals surface area contributed by atoms with Gasteiger partial charge in [-0.05, 0) is 42.6 Å². The Balaban J connectivity index is 1.89. The zero-order valence-corrected chi connectivity index (χ0v) is 13.2. The average Bonchev–Trinajstić information content (AvgIpc) is 2.56. The van der Waals surface area contributed by atoms with Crippen molar-refractivity contribution in [3.8, 4) is 5.40 Å². The van der Waals surface area contributed by atoms with E-state index in [9.17, 15) is 9.59 Å². The zero-order valence-electron chi connectivity index (χ0n) is 12.4. The van der Waals surface area contributed by atoms with E-state index < -0.39 is 11.8 Å². The van der Waals surface area contributed by atoms with Crippen LogP contribution in [0.4, 0.5) is 5.69 Å². The summed E-state index contributed by atoms with van der Waals surface area (Å²) in [5, 5.41) is 13.2. The molecule has 2 rings (SSSR count). The Hall–Kier alpha value is -2.04. The molecule has 1 aromatic rings. The van der Waals surface area contributed by atoms with E-state index in [0.717, 1.165) is 36.3 Å². The lowest BCUT2D eigenvalue weighted by atomic mass is 10.3. The Kier molecular flexibility index (Phi) is 5.81. The van der Waals surface area contributed by atoms with E-state index in [0.29, 0.717) is 18.8 Å². The molecule has 1 aliphatic heterocycles. The van der Waals surface area contributed by atoms with Gasteiger partial charge >= 0.3 is 11.8 Å². The summed E-state index contributed by atoms with van der Waals surface area (Å²) in [4.78, 5) is 28.7. The standard InChI is InChI=1S/C15H18N4O2S/c1-2-18-7-9-19(10-8-18)15(21)14(20)17-12-3-5-13(6-4-12)22-11-16/h3-6H,2,7-10H2,1H3,(H,17,20). The first-order chi connectivity index (χ1) is 10.6. The highest BCUT2D eigenvalue weighted by molar-refractivity contribution is 8.03. The third kappa shape index (κ3) is 4.23. The van der Waals surface area contributed by atoms with Crippen LogP contribution in [0.15, 0.2) is 29.2 Å². The van der Waals surface area contributed by atoms with Crippen molar-refractivity contribution in [1.29, 1.82) is 5.26 Å². The summed E-state index contributed by atoms with van der Waals surface area (Å²) < 4.78 is 0. The smallest absolute Gasteiger partial charge is 0.313 e. The van der Waals surface area contributed by atoms with E-state index in [1.54, 1.807) is 29.2 Å². The number of nitrogens with zero attached hydrogens (tertiary/aromatic N) is 3. The van der Waals surface area contributed by atoms with Crippen LogP contribution in [0.2, 0.25) is 0 Å². The van der Waals surface area contributed by atoms with Crippen LogP contribution in [0.3, 0.4) is 0 Å². The molecular formula is C15H18N4O2S. The van der Waals surface area contributed by atoms with E-state index in [4.69, 9.17) is 5.26 Å². The lowest BCUT2D eigenvalue weighted by Gasteiger charge is -2.33. The molecule has 0 aliphatic carbocycles. The van der Waals surface area contributed by atoms with Crippen LogP contribution in [-0.2, 0) is 9.59 Å². The van der Waals surface area contributed by atoms with Gasteiger partial charge in [-0.25, -0.2) is 0 Å². The molecule has 116 valence electrons. The van der Waals surface area contributed by atoms with Gasteiger partial charge in [0.1, 0.15) is 5.40 Å². The van der Waals surface area contributed by atoms with Gasteiger partial charge in [-0.3, -0.25) is 9.59 Å². The number of likely N-dealkylation sites (N-methyl/N-ethyl adjacent to an activating group) is 1. The van der Waals surface area contributed by atoms with E-state index in [1.807, 2.05) is 5.40 Å². The summed E-state index contributed by atoms with van der Waals surface area (Å²) in [5.41, 5.74) is 0.549. The van der Waals surface area contributed by atoms with Crippen LogP contribution in [0, 0.1) is 10.7 Å². The van der Waals surface area contributed by atoms with Crippen molar-refractivity contribution in [2.45, 2.75) is 11.8 Å². The molecule has 0 spiro atoms. The Bertz CT molecular complexity index is 574. The van der Waals surface area contributed by atoms with Crippen LogP contribution >= 0.6 is 11.8 Å². The summed E-state index contributed by atoms with van der Waals surface area (Å²) in [5.74, 6) is -1.11. The number of piperazine rings is 1. The van der Waals surface area contributed by atoms with Crippen molar-refractivity contribution in [3.63, 3.8) is 0 Å². The van der Waals surface area contributed by atoms with Gasteiger partial charge in [-0.1, -0.05) is 6.92 Å². The monoisotopic (exact) mass is 318 g/mol. The van der Waals surface area contributed by atoms with Crippen LogP contribution in [0.5, 0.6) is 0 Å². The number of amides is 2. The molecule has 0 bridgehead atoms. The highest BCUT2D eigenvalue weighted by Gasteiger charge is 2.25. The SMILES string of the molecule is CCN1CCN(C(=O)C(=O)Nc2ccc(SC#N)cc2)CC1. The molecule has 0 aromatic heterocycles. The van der Waals surface area contributed by atoms with Gasteiger partial charge < -0.3 is 15.1 Å². The van der Waals surface area contributed by atoms with Crippen LogP contribution in [-0.4, -0.2) is 54.3 Å². The zero-order chi connectivity index (χ0) is 15.9. The number of hydrogen-bond acceptors (Lipinski definition) is 5. The number of nitrogens with one attached hydrogen (secondary N) is 1. The fourth-order valence-electron chi connectivity index (χ4n) is 2.25. The molecule has 2 amide bonds. The van der Waals surface area contributed by atoms with Crippen molar-refractivity contribution in [2.75, 3.05) is 38.0 Å². The summed E-state index contributed by atoms with van der Waals surface area (Å²) in [7, 11) is 0. The fourth-order valence-corrected chi connectivity index (χ4v) is 2.63. The molecule has 0 radical (unpaired) electrons. The third-order valence-corrected chi connectivity index (χ3v) is 4.18. The maximum absolute atomic E-state index is 12.1. The fraction of sp³-hybridized carbons (Fsp3) is 0.400. The normalized spacial score (nSPS) is 15.2. The largest absolute Gasteiger partial charge is 0.332 e. The summed E-state index contributed by atoms with van der Waals surface area (Å²) >= 11 is 1.05. The van der Waals surface area contributed by atoms with Gasteiger partial charge in [0.25, 0.3) is 0 Å². The number of carbonyl (C=O) groups is 2. The van der Waals surface area contributed by atoms with E-state index >= 15 is 0 Å². The number of carbonyl (C=O) groups excluding carboxylic acids is 2. The van der Waals surface area contributed by atoms with E-state index in [2.05, 4.69) is 17.1 Å². The lowest BCUT2D eigenvalue weighted by Crippen LogP contribution is -2.51. The number of hydrogen-bond donors (Lipinski definition) is 1. The Morgan fingerprint density at radius 3 is 2.41 bits per heavy atom.